The van der Waals surface area contributed by atoms with Crippen LogP contribution >= 0.6 is 0 Å². The minimum absolute atomic E-state index is 0.0645. The molecule has 0 fully saturated rings. The lowest BCUT2D eigenvalue weighted by Gasteiger charge is -2.28. The lowest BCUT2D eigenvalue weighted by Crippen LogP contribution is -2.31. The highest BCUT2D eigenvalue weighted by molar-refractivity contribution is 5.64. The second-order valence-electron chi connectivity index (χ2n) is 6.37. The third kappa shape index (κ3) is 5.01. The van der Waals surface area contributed by atoms with Crippen molar-refractivity contribution in [3.05, 3.63) is 33.9 Å². The third-order valence-electron chi connectivity index (χ3n) is 3.19. The van der Waals surface area contributed by atoms with Crippen molar-refractivity contribution in [1.82, 2.24) is 0 Å². The number of nitrogens with zero attached hydrogens (tertiary/aromatic N) is 2. The second-order valence-corrected chi connectivity index (χ2v) is 6.37. The van der Waals surface area contributed by atoms with E-state index >= 15 is 0 Å². The Kier molecular flexibility index (Phi) is 6.15. The molecule has 0 saturated carbocycles. The maximum Gasteiger partial charge on any atom is 0.292 e. The molecule has 1 atom stereocenters. The van der Waals surface area contributed by atoms with Crippen molar-refractivity contribution < 1.29 is 10.0 Å². The van der Waals surface area contributed by atoms with E-state index < -0.39 is 6.10 Å². The predicted octanol–water partition coefficient (Wildman–Crippen LogP) is 3.77. The van der Waals surface area contributed by atoms with E-state index in [-0.39, 0.29) is 10.6 Å². The first-order valence-electron chi connectivity index (χ1n) is 7.43. The predicted molar refractivity (Wildman–Crippen MR) is 85.6 cm³/mol. The summed E-state index contributed by atoms with van der Waals surface area (Å²) in [5, 5.41) is 21.0. The summed E-state index contributed by atoms with van der Waals surface area (Å²) in [5.41, 5.74) is 1.26. The quantitative estimate of drug-likeness (QED) is 0.614. The van der Waals surface area contributed by atoms with Gasteiger partial charge >= 0.3 is 0 Å². The van der Waals surface area contributed by atoms with Crippen LogP contribution in [0, 0.1) is 22.0 Å². The van der Waals surface area contributed by atoms with Gasteiger partial charge in [0, 0.05) is 19.2 Å². The number of nitro groups is 1. The van der Waals surface area contributed by atoms with Crippen molar-refractivity contribution in [3.63, 3.8) is 0 Å². The second kappa shape index (κ2) is 7.41. The molecule has 0 saturated heterocycles. The highest BCUT2D eigenvalue weighted by Gasteiger charge is 2.22. The summed E-state index contributed by atoms with van der Waals surface area (Å²) in [5.74, 6) is 0.833. The average Bonchev–Trinajstić information content (AvgIpc) is 2.35. The zero-order valence-corrected chi connectivity index (χ0v) is 13.5. The van der Waals surface area contributed by atoms with E-state index in [1.54, 1.807) is 19.1 Å². The maximum absolute atomic E-state index is 11.4. The van der Waals surface area contributed by atoms with Gasteiger partial charge in [0.15, 0.2) is 0 Å². The first kappa shape index (κ1) is 17.4. The number of hydrogen-bond acceptors (Lipinski definition) is 4. The molecular weight excluding hydrogens is 268 g/mol. The standard InChI is InChI=1S/C16H26N2O3/c1-11(2)9-17(10-12(3)4)15-7-6-14(13(5)19)8-16(15)18(20)21/h6-8,11-13,19H,9-10H2,1-5H3/t13-/m1/s1. The van der Waals surface area contributed by atoms with Crippen LogP contribution < -0.4 is 4.90 Å². The van der Waals surface area contributed by atoms with E-state index in [0.29, 0.717) is 23.1 Å². The van der Waals surface area contributed by atoms with E-state index in [0.717, 1.165) is 13.1 Å². The van der Waals surface area contributed by atoms with Gasteiger partial charge < -0.3 is 10.0 Å². The van der Waals surface area contributed by atoms with Crippen LogP contribution in [0.3, 0.4) is 0 Å². The van der Waals surface area contributed by atoms with Crippen LogP contribution in [0.4, 0.5) is 11.4 Å². The molecule has 0 aliphatic heterocycles. The summed E-state index contributed by atoms with van der Waals surface area (Å²) in [7, 11) is 0. The fraction of sp³-hybridized carbons (Fsp3) is 0.625. The number of anilines is 1. The molecule has 21 heavy (non-hydrogen) atoms. The van der Waals surface area contributed by atoms with Gasteiger partial charge in [-0.15, -0.1) is 0 Å². The number of hydrogen-bond donors (Lipinski definition) is 1. The molecular formula is C16H26N2O3. The van der Waals surface area contributed by atoms with Gasteiger partial charge in [-0.25, -0.2) is 0 Å². The number of rotatable bonds is 7. The Morgan fingerprint density at radius 2 is 1.67 bits per heavy atom. The van der Waals surface area contributed by atoms with Gasteiger partial charge in [-0.2, -0.15) is 0 Å². The first-order chi connectivity index (χ1) is 9.72. The minimum Gasteiger partial charge on any atom is -0.389 e. The summed E-state index contributed by atoms with van der Waals surface area (Å²) < 4.78 is 0. The Hall–Kier alpha value is -1.62. The normalized spacial score (nSPS) is 12.8. The summed E-state index contributed by atoms with van der Waals surface area (Å²) in [6.07, 6.45) is -0.707. The fourth-order valence-corrected chi connectivity index (χ4v) is 2.37. The largest absolute Gasteiger partial charge is 0.389 e. The molecule has 1 rings (SSSR count). The van der Waals surface area contributed by atoms with Gasteiger partial charge in [-0.1, -0.05) is 33.8 Å². The van der Waals surface area contributed by atoms with Crippen LogP contribution in [-0.2, 0) is 0 Å². The summed E-state index contributed by atoms with van der Waals surface area (Å²) in [4.78, 5) is 13.1. The van der Waals surface area contributed by atoms with Crippen molar-refractivity contribution in [2.24, 2.45) is 11.8 Å². The monoisotopic (exact) mass is 294 g/mol. The number of aliphatic hydroxyl groups is 1. The maximum atomic E-state index is 11.4. The third-order valence-corrected chi connectivity index (χ3v) is 3.19. The highest BCUT2D eigenvalue weighted by Crippen LogP contribution is 2.32. The van der Waals surface area contributed by atoms with Crippen LogP contribution in [-0.4, -0.2) is 23.1 Å². The average molecular weight is 294 g/mol. The smallest absolute Gasteiger partial charge is 0.292 e. The fourth-order valence-electron chi connectivity index (χ4n) is 2.37. The molecule has 5 nitrogen and oxygen atoms in total. The summed E-state index contributed by atoms with van der Waals surface area (Å²) in [6.45, 7) is 11.6. The molecule has 0 radical (unpaired) electrons. The van der Waals surface area contributed by atoms with Crippen molar-refractivity contribution >= 4 is 11.4 Å². The van der Waals surface area contributed by atoms with Crippen molar-refractivity contribution in [3.8, 4) is 0 Å². The molecule has 0 aliphatic rings. The minimum atomic E-state index is -0.707. The van der Waals surface area contributed by atoms with Gasteiger partial charge in [0.25, 0.3) is 5.69 Å². The molecule has 0 heterocycles. The Morgan fingerprint density at radius 1 is 1.14 bits per heavy atom. The number of benzene rings is 1. The molecule has 0 bridgehead atoms. The highest BCUT2D eigenvalue weighted by atomic mass is 16.6. The molecule has 1 N–H and O–H groups in total. The summed E-state index contributed by atoms with van der Waals surface area (Å²) in [6, 6.07) is 5.00. The molecule has 0 unspecified atom stereocenters. The van der Waals surface area contributed by atoms with Gasteiger partial charge in [-0.05, 0) is 30.4 Å². The van der Waals surface area contributed by atoms with E-state index in [9.17, 15) is 15.2 Å². The molecule has 0 aromatic heterocycles. The van der Waals surface area contributed by atoms with Gasteiger partial charge in [0.05, 0.1) is 11.0 Å². The van der Waals surface area contributed by atoms with Crippen molar-refractivity contribution in [2.75, 3.05) is 18.0 Å². The van der Waals surface area contributed by atoms with Crippen LogP contribution in [0.1, 0.15) is 46.3 Å². The zero-order chi connectivity index (χ0) is 16.2. The van der Waals surface area contributed by atoms with Gasteiger partial charge in [0.2, 0.25) is 0 Å². The van der Waals surface area contributed by atoms with Crippen LogP contribution in [0.25, 0.3) is 0 Å². The van der Waals surface area contributed by atoms with Crippen LogP contribution in [0.2, 0.25) is 0 Å². The van der Waals surface area contributed by atoms with E-state index in [4.69, 9.17) is 0 Å². The molecule has 5 heteroatoms. The Morgan fingerprint density at radius 3 is 2.05 bits per heavy atom. The zero-order valence-electron chi connectivity index (χ0n) is 13.5. The molecule has 1 aromatic rings. The lowest BCUT2D eigenvalue weighted by atomic mass is 10.1. The van der Waals surface area contributed by atoms with Crippen LogP contribution in [0.5, 0.6) is 0 Å². The molecule has 0 spiro atoms. The van der Waals surface area contributed by atoms with Crippen molar-refractivity contribution in [2.45, 2.75) is 40.7 Å². The van der Waals surface area contributed by atoms with Gasteiger partial charge in [0.1, 0.15) is 5.69 Å². The Bertz CT molecular complexity index is 474. The van der Waals surface area contributed by atoms with Crippen molar-refractivity contribution in [1.29, 1.82) is 0 Å². The Labute approximate surface area is 126 Å². The topological polar surface area (TPSA) is 66.6 Å². The van der Waals surface area contributed by atoms with Crippen LogP contribution in [0.15, 0.2) is 18.2 Å². The number of nitro benzene ring substituents is 1. The number of aliphatic hydroxyl groups excluding tert-OH is 1. The molecule has 118 valence electrons. The molecule has 0 amide bonds. The summed E-state index contributed by atoms with van der Waals surface area (Å²) >= 11 is 0. The molecule has 0 aliphatic carbocycles. The Balaban J connectivity index is 3.25. The van der Waals surface area contributed by atoms with E-state index in [1.807, 2.05) is 0 Å². The van der Waals surface area contributed by atoms with Gasteiger partial charge in [-0.3, -0.25) is 10.1 Å². The van der Waals surface area contributed by atoms with E-state index in [1.165, 1.54) is 6.07 Å². The SMILES string of the molecule is CC(C)CN(CC(C)C)c1ccc([C@@H](C)O)cc1[N+](=O)[O-]. The first-order valence-corrected chi connectivity index (χ1v) is 7.43. The lowest BCUT2D eigenvalue weighted by molar-refractivity contribution is -0.384. The van der Waals surface area contributed by atoms with E-state index in [2.05, 4.69) is 32.6 Å². The molecule has 1 aromatic carbocycles.